The van der Waals surface area contributed by atoms with Crippen LogP contribution in [0, 0.1) is 0 Å². The molecule has 1 aromatic carbocycles. The molecule has 0 heterocycles. The Morgan fingerprint density at radius 2 is 1.20 bits per heavy atom. The van der Waals surface area contributed by atoms with Crippen LogP contribution in [0.2, 0.25) is 0 Å². The van der Waals surface area contributed by atoms with E-state index in [9.17, 15) is 9.59 Å². The zero-order valence-corrected chi connectivity index (χ0v) is 8.56. The summed E-state index contributed by atoms with van der Waals surface area (Å²) < 4.78 is 0. The number of carbonyl (C=O) groups is 2. The summed E-state index contributed by atoms with van der Waals surface area (Å²) in [5.74, 6) is 0. The van der Waals surface area contributed by atoms with Gasteiger partial charge in [0.1, 0.15) is 12.6 Å². The second kappa shape index (κ2) is 8.74. The molecule has 0 radical (unpaired) electrons. The molecule has 15 heavy (non-hydrogen) atoms. The molecule has 0 aliphatic rings. The second-order valence-electron chi connectivity index (χ2n) is 2.93. The third-order valence-electron chi connectivity index (χ3n) is 1.58. The zero-order valence-electron chi connectivity index (χ0n) is 8.56. The fourth-order valence-corrected chi connectivity index (χ4v) is 0.781. The van der Waals surface area contributed by atoms with Gasteiger partial charge in [0, 0.05) is 24.2 Å². The molecule has 82 valence electrons. The van der Waals surface area contributed by atoms with E-state index in [1.54, 1.807) is 24.3 Å². The van der Waals surface area contributed by atoms with Crippen molar-refractivity contribution >= 4 is 23.9 Å². The lowest BCUT2D eigenvalue weighted by molar-refractivity contribution is -0.108. The molecule has 4 N–H and O–H groups in total. The third-order valence-corrected chi connectivity index (χ3v) is 1.58. The molecule has 0 atom stereocenters. The van der Waals surface area contributed by atoms with Gasteiger partial charge in [-0.1, -0.05) is 0 Å². The van der Waals surface area contributed by atoms with Gasteiger partial charge >= 0.3 is 0 Å². The van der Waals surface area contributed by atoms with Gasteiger partial charge in [-0.2, -0.15) is 0 Å². The first-order chi connectivity index (χ1) is 7.20. The molecule has 4 heteroatoms. The van der Waals surface area contributed by atoms with Crippen molar-refractivity contribution in [2.24, 2.45) is 0 Å². The maximum absolute atomic E-state index is 9.56. The molecule has 1 rings (SSSR count). The normalized spacial score (nSPS) is 8.53. The minimum atomic E-state index is 0.513. The van der Waals surface area contributed by atoms with Gasteiger partial charge in [0.15, 0.2) is 0 Å². The number of aldehydes is 2. The number of hydrogen-bond donors (Lipinski definition) is 2. The van der Waals surface area contributed by atoms with Gasteiger partial charge in [-0.05, 0) is 30.7 Å². The van der Waals surface area contributed by atoms with Gasteiger partial charge in [-0.3, -0.25) is 0 Å². The smallest absolute Gasteiger partial charge is 0.120 e. The standard InChI is InChI=1S/C6H8N2.C5H8O2/c7-5-1-2-6(8)4-3-5;6-4-2-1-3-5-7/h1-4H,7-8H2;4-5H,1-3H2. The average molecular weight is 208 g/mol. The molecule has 0 fully saturated rings. The van der Waals surface area contributed by atoms with E-state index in [1.165, 1.54) is 0 Å². The van der Waals surface area contributed by atoms with Crippen molar-refractivity contribution in [3.8, 4) is 0 Å². The Labute approximate surface area is 89.3 Å². The van der Waals surface area contributed by atoms with E-state index < -0.39 is 0 Å². The van der Waals surface area contributed by atoms with E-state index in [0.717, 1.165) is 23.9 Å². The average Bonchev–Trinajstić information content (AvgIpc) is 2.24. The molecule has 0 aromatic heterocycles. The fourth-order valence-electron chi connectivity index (χ4n) is 0.781. The van der Waals surface area contributed by atoms with E-state index in [-0.39, 0.29) is 0 Å². The highest BCUT2D eigenvalue weighted by Gasteiger charge is 1.81. The first-order valence-electron chi connectivity index (χ1n) is 4.69. The maximum Gasteiger partial charge on any atom is 0.120 e. The fraction of sp³-hybridized carbons (Fsp3) is 0.273. The predicted octanol–water partition coefficient (Wildman–Crippen LogP) is 1.41. The molecule has 0 amide bonds. The molecular formula is C11H16N2O2. The highest BCUT2D eigenvalue weighted by molar-refractivity contribution is 5.53. The van der Waals surface area contributed by atoms with Crippen molar-refractivity contribution in [3.63, 3.8) is 0 Å². The summed E-state index contributed by atoms with van der Waals surface area (Å²) in [7, 11) is 0. The Morgan fingerprint density at radius 1 is 0.867 bits per heavy atom. The zero-order chi connectivity index (χ0) is 11.5. The van der Waals surface area contributed by atoms with Crippen molar-refractivity contribution in [1.29, 1.82) is 0 Å². The number of nitrogen functional groups attached to an aromatic ring is 2. The summed E-state index contributed by atoms with van der Waals surface area (Å²) in [4.78, 5) is 19.1. The number of rotatable bonds is 4. The molecule has 0 saturated carbocycles. The molecular weight excluding hydrogens is 192 g/mol. The van der Waals surface area contributed by atoms with E-state index >= 15 is 0 Å². The van der Waals surface area contributed by atoms with Gasteiger partial charge in [0.05, 0.1) is 0 Å². The van der Waals surface area contributed by atoms with Crippen LogP contribution in [-0.4, -0.2) is 12.6 Å². The third kappa shape index (κ3) is 8.49. The lowest BCUT2D eigenvalue weighted by Crippen LogP contribution is -1.86. The largest absolute Gasteiger partial charge is 0.399 e. The van der Waals surface area contributed by atoms with Gasteiger partial charge in [0.25, 0.3) is 0 Å². The van der Waals surface area contributed by atoms with E-state index in [2.05, 4.69) is 0 Å². The first-order valence-corrected chi connectivity index (χ1v) is 4.69. The van der Waals surface area contributed by atoms with Crippen LogP contribution in [0.5, 0.6) is 0 Å². The Hall–Kier alpha value is -1.84. The Morgan fingerprint density at radius 3 is 1.47 bits per heavy atom. The van der Waals surface area contributed by atoms with Gasteiger partial charge in [-0.25, -0.2) is 0 Å². The quantitative estimate of drug-likeness (QED) is 0.445. The van der Waals surface area contributed by atoms with Crippen LogP contribution < -0.4 is 11.5 Å². The van der Waals surface area contributed by atoms with Crippen molar-refractivity contribution in [3.05, 3.63) is 24.3 Å². The van der Waals surface area contributed by atoms with Crippen LogP contribution in [0.4, 0.5) is 11.4 Å². The summed E-state index contributed by atoms with van der Waals surface area (Å²) in [5.41, 5.74) is 12.2. The highest BCUT2D eigenvalue weighted by Crippen LogP contribution is 2.04. The molecule has 4 nitrogen and oxygen atoms in total. The minimum Gasteiger partial charge on any atom is -0.399 e. The number of anilines is 2. The minimum absolute atomic E-state index is 0.513. The van der Waals surface area contributed by atoms with Gasteiger partial charge in [-0.15, -0.1) is 0 Å². The molecule has 0 saturated heterocycles. The Bertz CT molecular complexity index is 254. The van der Waals surface area contributed by atoms with E-state index in [4.69, 9.17) is 11.5 Å². The maximum atomic E-state index is 9.56. The number of carbonyl (C=O) groups excluding carboxylic acids is 2. The van der Waals surface area contributed by atoms with Crippen molar-refractivity contribution in [2.45, 2.75) is 19.3 Å². The van der Waals surface area contributed by atoms with Crippen LogP contribution in [-0.2, 0) is 9.59 Å². The summed E-state index contributed by atoms with van der Waals surface area (Å²) in [6, 6.07) is 7.09. The molecule has 0 aliphatic heterocycles. The topological polar surface area (TPSA) is 86.2 Å². The summed E-state index contributed by atoms with van der Waals surface area (Å²) in [6.07, 6.45) is 3.37. The van der Waals surface area contributed by atoms with Crippen LogP contribution in [0.15, 0.2) is 24.3 Å². The summed E-state index contributed by atoms with van der Waals surface area (Å²) in [6.45, 7) is 0. The van der Waals surface area contributed by atoms with E-state index in [1.807, 2.05) is 0 Å². The second-order valence-corrected chi connectivity index (χ2v) is 2.93. The van der Waals surface area contributed by atoms with Crippen LogP contribution >= 0.6 is 0 Å². The highest BCUT2D eigenvalue weighted by atomic mass is 16.1. The molecule has 0 spiro atoms. The summed E-state index contributed by atoms with van der Waals surface area (Å²) in [5, 5.41) is 0. The Balaban J connectivity index is 0.000000265. The number of unbranched alkanes of at least 4 members (excludes halogenated alkanes) is 2. The monoisotopic (exact) mass is 208 g/mol. The van der Waals surface area contributed by atoms with Crippen molar-refractivity contribution in [2.75, 3.05) is 11.5 Å². The Kier molecular flexibility index (Phi) is 7.67. The lowest BCUT2D eigenvalue weighted by Gasteiger charge is -1.90. The van der Waals surface area contributed by atoms with Gasteiger partial charge in [0.2, 0.25) is 0 Å². The number of nitrogens with two attached hydrogens (primary N) is 2. The first kappa shape index (κ1) is 13.2. The number of benzene rings is 1. The van der Waals surface area contributed by atoms with Crippen LogP contribution in [0.1, 0.15) is 19.3 Å². The number of hydrogen-bond acceptors (Lipinski definition) is 4. The summed E-state index contributed by atoms with van der Waals surface area (Å²) >= 11 is 0. The molecule has 0 bridgehead atoms. The SMILES string of the molecule is Nc1ccc(N)cc1.O=CCCCC=O. The van der Waals surface area contributed by atoms with E-state index in [0.29, 0.717) is 19.3 Å². The molecule has 0 unspecified atom stereocenters. The van der Waals surface area contributed by atoms with Crippen LogP contribution in [0.3, 0.4) is 0 Å². The van der Waals surface area contributed by atoms with Gasteiger partial charge < -0.3 is 21.1 Å². The lowest BCUT2D eigenvalue weighted by atomic mass is 10.3. The van der Waals surface area contributed by atoms with Crippen molar-refractivity contribution < 1.29 is 9.59 Å². The molecule has 0 aliphatic carbocycles. The predicted molar refractivity (Wildman–Crippen MR) is 61.2 cm³/mol. The van der Waals surface area contributed by atoms with Crippen molar-refractivity contribution in [1.82, 2.24) is 0 Å². The van der Waals surface area contributed by atoms with Crippen LogP contribution in [0.25, 0.3) is 0 Å². The molecule has 1 aromatic rings.